The largest absolute Gasteiger partial charge is 0.308 e. The fourth-order valence-electron chi connectivity index (χ4n) is 0.664. The average molecular weight is 228 g/mol. The number of hydrogen-bond acceptors (Lipinski definition) is 2. The lowest BCUT2D eigenvalue weighted by molar-refractivity contribution is 0.637. The topological polar surface area (TPSA) is 12.0 Å². The van der Waals surface area contributed by atoms with Crippen LogP contribution in [0.25, 0.3) is 0 Å². The first kappa shape index (κ1) is 12.6. The van der Waals surface area contributed by atoms with Crippen LogP contribution in [0, 0.1) is 0 Å². The van der Waals surface area contributed by atoms with Gasteiger partial charge in [-0.15, -0.1) is 0 Å². The molecule has 0 radical (unpaired) electrons. The van der Waals surface area contributed by atoms with Gasteiger partial charge in [0.2, 0.25) is 0 Å². The van der Waals surface area contributed by atoms with Crippen LogP contribution in [0.1, 0.15) is 13.8 Å². The van der Waals surface area contributed by atoms with E-state index in [0.717, 1.165) is 11.5 Å². The van der Waals surface area contributed by atoms with Crippen molar-refractivity contribution in [1.29, 1.82) is 0 Å². The molecule has 0 aromatic heterocycles. The number of rotatable bonds is 6. The van der Waals surface area contributed by atoms with Crippen molar-refractivity contribution in [2.24, 2.45) is 0 Å². The van der Waals surface area contributed by atoms with Crippen molar-refractivity contribution in [2.45, 2.75) is 19.9 Å². The Morgan fingerprint density at radius 3 is 2.83 bits per heavy atom. The Morgan fingerprint density at radius 1 is 1.67 bits per heavy atom. The molecule has 0 aromatic carbocycles. The molecule has 1 N–H and O–H groups in total. The third-order valence-electron chi connectivity index (χ3n) is 1.31. The monoisotopic (exact) mass is 227 g/mol. The SMILES string of the molecule is CCSCC(C)NCC(Cl)=CCl. The molecule has 0 bridgehead atoms. The Morgan fingerprint density at radius 2 is 2.33 bits per heavy atom. The van der Waals surface area contributed by atoms with E-state index < -0.39 is 0 Å². The molecule has 0 spiro atoms. The quantitative estimate of drug-likeness (QED) is 0.749. The molecular formula is C8H15Cl2NS. The number of halogens is 2. The molecule has 0 heterocycles. The van der Waals surface area contributed by atoms with Crippen molar-refractivity contribution in [1.82, 2.24) is 5.32 Å². The lowest BCUT2D eigenvalue weighted by Gasteiger charge is -2.11. The summed E-state index contributed by atoms with van der Waals surface area (Å²) in [5.74, 6) is 2.27. The Balaban J connectivity index is 3.37. The molecule has 0 rings (SSSR count). The van der Waals surface area contributed by atoms with Crippen LogP contribution in [0.2, 0.25) is 0 Å². The molecule has 0 aliphatic carbocycles. The third kappa shape index (κ3) is 7.29. The lowest BCUT2D eigenvalue weighted by atomic mass is 10.4. The summed E-state index contributed by atoms with van der Waals surface area (Å²) in [6.07, 6.45) is 0. The fraction of sp³-hybridized carbons (Fsp3) is 0.750. The van der Waals surface area contributed by atoms with Gasteiger partial charge in [-0.2, -0.15) is 11.8 Å². The van der Waals surface area contributed by atoms with Gasteiger partial charge < -0.3 is 5.32 Å². The normalized spacial score (nSPS) is 14.8. The molecular weight excluding hydrogens is 213 g/mol. The summed E-state index contributed by atoms with van der Waals surface area (Å²) >= 11 is 13.0. The molecule has 0 saturated carbocycles. The van der Waals surface area contributed by atoms with Crippen LogP contribution in [-0.2, 0) is 0 Å². The first-order chi connectivity index (χ1) is 5.70. The predicted molar refractivity (Wildman–Crippen MR) is 60.3 cm³/mol. The maximum Gasteiger partial charge on any atom is 0.0432 e. The number of nitrogens with one attached hydrogen (secondary N) is 1. The lowest BCUT2D eigenvalue weighted by Crippen LogP contribution is -2.29. The molecule has 0 aliphatic heterocycles. The Hall–Kier alpha value is 0.630. The van der Waals surface area contributed by atoms with E-state index in [0.29, 0.717) is 17.6 Å². The molecule has 0 aromatic rings. The predicted octanol–water partition coefficient (Wildman–Crippen LogP) is 3.04. The summed E-state index contributed by atoms with van der Waals surface area (Å²) in [5.41, 5.74) is 1.40. The van der Waals surface area contributed by atoms with Gasteiger partial charge in [-0.25, -0.2) is 0 Å². The summed E-state index contributed by atoms with van der Waals surface area (Å²) in [4.78, 5) is 0. The minimum Gasteiger partial charge on any atom is -0.308 e. The molecule has 1 unspecified atom stereocenters. The van der Waals surface area contributed by atoms with Gasteiger partial charge in [-0.05, 0) is 12.7 Å². The zero-order valence-electron chi connectivity index (χ0n) is 7.44. The van der Waals surface area contributed by atoms with Gasteiger partial charge in [0.25, 0.3) is 0 Å². The maximum atomic E-state index is 5.70. The smallest absolute Gasteiger partial charge is 0.0432 e. The van der Waals surface area contributed by atoms with Crippen LogP contribution >= 0.6 is 35.0 Å². The summed E-state index contributed by atoms with van der Waals surface area (Å²) in [6, 6.07) is 0.486. The minimum absolute atomic E-state index is 0.486. The van der Waals surface area contributed by atoms with Crippen LogP contribution in [0.4, 0.5) is 0 Å². The zero-order valence-corrected chi connectivity index (χ0v) is 9.77. The number of thioether (sulfide) groups is 1. The van der Waals surface area contributed by atoms with E-state index in [4.69, 9.17) is 23.2 Å². The minimum atomic E-state index is 0.486. The highest BCUT2D eigenvalue weighted by atomic mass is 35.5. The second kappa shape index (κ2) is 8.24. The van der Waals surface area contributed by atoms with Crippen LogP contribution in [0.15, 0.2) is 10.6 Å². The molecule has 1 atom stereocenters. The van der Waals surface area contributed by atoms with E-state index in [1.165, 1.54) is 5.54 Å². The highest BCUT2D eigenvalue weighted by Gasteiger charge is 2.00. The Labute approximate surface area is 88.9 Å². The molecule has 72 valence electrons. The standard InChI is InChI=1S/C8H15Cl2NS/c1-3-12-6-7(2)11-5-8(10)4-9/h4,7,11H,3,5-6H2,1-2H3. The van der Waals surface area contributed by atoms with Gasteiger partial charge in [0.1, 0.15) is 0 Å². The van der Waals surface area contributed by atoms with E-state index in [2.05, 4.69) is 19.2 Å². The summed E-state index contributed by atoms with van der Waals surface area (Å²) in [6.45, 7) is 4.96. The van der Waals surface area contributed by atoms with Gasteiger partial charge in [-0.3, -0.25) is 0 Å². The summed E-state index contributed by atoms with van der Waals surface area (Å²) in [7, 11) is 0. The fourth-order valence-corrected chi connectivity index (χ4v) is 1.53. The molecule has 0 amide bonds. The van der Waals surface area contributed by atoms with Gasteiger partial charge in [0.05, 0.1) is 0 Å². The highest BCUT2D eigenvalue weighted by Crippen LogP contribution is 2.04. The van der Waals surface area contributed by atoms with Crippen molar-refractivity contribution in [3.8, 4) is 0 Å². The van der Waals surface area contributed by atoms with Crippen molar-refractivity contribution in [2.75, 3.05) is 18.1 Å². The van der Waals surface area contributed by atoms with Crippen LogP contribution in [0.3, 0.4) is 0 Å². The van der Waals surface area contributed by atoms with Gasteiger partial charge in [-0.1, -0.05) is 30.1 Å². The first-order valence-corrected chi connectivity index (χ1v) is 5.93. The summed E-state index contributed by atoms with van der Waals surface area (Å²) < 4.78 is 0. The molecule has 0 fully saturated rings. The molecule has 0 saturated heterocycles. The molecule has 0 aliphatic rings. The molecule has 1 nitrogen and oxygen atoms in total. The second-order valence-electron chi connectivity index (χ2n) is 2.50. The highest BCUT2D eigenvalue weighted by molar-refractivity contribution is 7.99. The third-order valence-corrected chi connectivity index (χ3v) is 3.07. The maximum absolute atomic E-state index is 5.70. The van der Waals surface area contributed by atoms with Crippen molar-refractivity contribution < 1.29 is 0 Å². The average Bonchev–Trinajstić information content (AvgIpc) is 2.10. The van der Waals surface area contributed by atoms with E-state index >= 15 is 0 Å². The van der Waals surface area contributed by atoms with E-state index in [1.54, 1.807) is 0 Å². The molecule has 4 heteroatoms. The van der Waals surface area contributed by atoms with Crippen LogP contribution < -0.4 is 5.32 Å². The van der Waals surface area contributed by atoms with Crippen molar-refractivity contribution >= 4 is 35.0 Å². The van der Waals surface area contributed by atoms with Crippen LogP contribution in [0.5, 0.6) is 0 Å². The second-order valence-corrected chi connectivity index (χ2v) is 4.52. The molecule has 12 heavy (non-hydrogen) atoms. The van der Waals surface area contributed by atoms with Gasteiger partial charge in [0.15, 0.2) is 0 Å². The van der Waals surface area contributed by atoms with Crippen molar-refractivity contribution in [3.05, 3.63) is 10.6 Å². The Kier molecular flexibility index (Phi) is 8.67. The summed E-state index contributed by atoms with van der Waals surface area (Å²) in [5, 5.41) is 3.92. The van der Waals surface area contributed by atoms with Gasteiger partial charge >= 0.3 is 0 Å². The van der Waals surface area contributed by atoms with E-state index in [9.17, 15) is 0 Å². The number of hydrogen-bond donors (Lipinski definition) is 1. The zero-order chi connectivity index (χ0) is 9.40. The van der Waals surface area contributed by atoms with Gasteiger partial charge in [0, 0.05) is 28.9 Å². The van der Waals surface area contributed by atoms with E-state index in [-0.39, 0.29) is 0 Å². The first-order valence-electron chi connectivity index (χ1n) is 3.96. The van der Waals surface area contributed by atoms with Crippen LogP contribution in [-0.4, -0.2) is 24.1 Å². The Bertz CT molecular complexity index is 139. The van der Waals surface area contributed by atoms with E-state index in [1.807, 2.05) is 11.8 Å². The van der Waals surface area contributed by atoms with Crippen molar-refractivity contribution in [3.63, 3.8) is 0 Å².